The quantitative estimate of drug-likeness (QED) is 0.737. The molecule has 1 aromatic carbocycles. The summed E-state index contributed by atoms with van der Waals surface area (Å²) in [5.74, 6) is 0. The minimum Gasteiger partial charge on any atom is -0.379 e. The van der Waals surface area contributed by atoms with Crippen molar-refractivity contribution in [2.75, 3.05) is 39.4 Å². The molecule has 23 heavy (non-hydrogen) atoms. The van der Waals surface area contributed by atoms with Crippen LogP contribution in [0.15, 0.2) is 24.3 Å². The van der Waals surface area contributed by atoms with Crippen LogP contribution in [0.5, 0.6) is 0 Å². The van der Waals surface area contributed by atoms with Crippen LogP contribution in [0.1, 0.15) is 24.9 Å². The molecule has 1 aliphatic rings. The van der Waals surface area contributed by atoms with Crippen molar-refractivity contribution in [1.29, 1.82) is 0 Å². The first-order valence-corrected chi connectivity index (χ1v) is 9.70. The highest BCUT2D eigenvalue weighted by molar-refractivity contribution is 7.87. The molecule has 1 aliphatic heterocycles. The lowest BCUT2D eigenvalue weighted by Crippen LogP contribution is -2.46. The molecule has 0 aromatic heterocycles. The van der Waals surface area contributed by atoms with Crippen molar-refractivity contribution in [2.24, 2.45) is 0 Å². The molecule has 2 N–H and O–H groups in total. The smallest absolute Gasteiger partial charge is 0.276 e. The summed E-state index contributed by atoms with van der Waals surface area (Å²) in [6.07, 6.45) is 0.748. The molecule has 1 aromatic rings. The van der Waals surface area contributed by atoms with Crippen LogP contribution < -0.4 is 9.44 Å². The van der Waals surface area contributed by atoms with Gasteiger partial charge >= 0.3 is 0 Å². The number of morpholine rings is 1. The second-order valence-corrected chi connectivity index (χ2v) is 7.42. The topological polar surface area (TPSA) is 70.7 Å². The fraction of sp³-hybridized carbons (Fsp3) is 0.600. The number of ether oxygens (including phenoxy) is 1. The van der Waals surface area contributed by atoms with Gasteiger partial charge in [0.05, 0.1) is 19.3 Å². The lowest BCUT2D eigenvalue weighted by molar-refractivity contribution is 0.0172. The van der Waals surface area contributed by atoms with Crippen molar-refractivity contribution in [3.05, 3.63) is 34.9 Å². The summed E-state index contributed by atoms with van der Waals surface area (Å²) >= 11 is 6.32. The molecule has 0 bridgehead atoms. The van der Waals surface area contributed by atoms with Crippen LogP contribution in [0.2, 0.25) is 5.02 Å². The van der Waals surface area contributed by atoms with E-state index in [1.807, 2.05) is 31.2 Å². The molecule has 1 heterocycles. The van der Waals surface area contributed by atoms with E-state index in [0.717, 1.165) is 25.1 Å². The monoisotopic (exact) mass is 361 g/mol. The SMILES string of the molecule is CCCNS(=O)(=O)NCC(c1ccccc1Cl)N1CCOCC1. The maximum Gasteiger partial charge on any atom is 0.276 e. The van der Waals surface area contributed by atoms with Crippen molar-refractivity contribution in [1.82, 2.24) is 14.3 Å². The fourth-order valence-electron chi connectivity index (χ4n) is 2.55. The summed E-state index contributed by atoms with van der Waals surface area (Å²) in [5.41, 5.74) is 0.925. The zero-order valence-electron chi connectivity index (χ0n) is 13.3. The Labute approximate surface area is 143 Å². The summed E-state index contributed by atoms with van der Waals surface area (Å²) in [7, 11) is -3.50. The predicted octanol–water partition coefficient (Wildman–Crippen LogP) is 1.55. The minimum atomic E-state index is -3.50. The maximum absolute atomic E-state index is 12.0. The highest BCUT2D eigenvalue weighted by atomic mass is 35.5. The zero-order valence-corrected chi connectivity index (χ0v) is 14.9. The molecular weight excluding hydrogens is 338 g/mol. The van der Waals surface area contributed by atoms with Crippen molar-refractivity contribution >= 4 is 21.8 Å². The summed E-state index contributed by atoms with van der Waals surface area (Å²) in [4.78, 5) is 2.20. The van der Waals surface area contributed by atoms with E-state index < -0.39 is 10.2 Å². The van der Waals surface area contributed by atoms with Crippen LogP contribution in [0, 0.1) is 0 Å². The Morgan fingerprint density at radius 1 is 1.26 bits per heavy atom. The van der Waals surface area contributed by atoms with E-state index in [2.05, 4.69) is 14.3 Å². The normalized spacial score (nSPS) is 18.0. The van der Waals surface area contributed by atoms with Crippen molar-refractivity contribution < 1.29 is 13.2 Å². The van der Waals surface area contributed by atoms with Gasteiger partial charge in [-0.2, -0.15) is 8.42 Å². The first-order chi connectivity index (χ1) is 11.0. The average Bonchev–Trinajstić information content (AvgIpc) is 2.56. The first-order valence-electron chi connectivity index (χ1n) is 7.84. The van der Waals surface area contributed by atoms with Gasteiger partial charge in [0, 0.05) is 31.2 Å². The van der Waals surface area contributed by atoms with Gasteiger partial charge < -0.3 is 4.74 Å². The van der Waals surface area contributed by atoms with Gasteiger partial charge in [-0.25, -0.2) is 9.44 Å². The number of halogens is 1. The molecule has 1 atom stereocenters. The van der Waals surface area contributed by atoms with Crippen molar-refractivity contribution in [3.8, 4) is 0 Å². The highest BCUT2D eigenvalue weighted by Crippen LogP contribution is 2.27. The molecule has 1 fully saturated rings. The van der Waals surface area contributed by atoms with E-state index in [-0.39, 0.29) is 12.6 Å². The lowest BCUT2D eigenvalue weighted by atomic mass is 10.0. The summed E-state index contributed by atoms with van der Waals surface area (Å²) in [6.45, 7) is 5.39. The Hall–Kier alpha value is -0.700. The Balaban J connectivity index is 2.12. The molecule has 0 amide bonds. The predicted molar refractivity (Wildman–Crippen MR) is 91.8 cm³/mol. The van der Waals surface area contributed by atoms with Crippen LogP contribution in [-0.2, 0) is 14.9 Å². The Morgan fingerprint density at radius 2 is 1.96 bits per heavy atom. The molecule has 1 saturated heterocycles. The van der Waals surface area contributed by atoms with Gasteiger partial charge in [0.25, 0.3) is 10.2 Å². The second-order valence-electron chi connectivity index (χ2n) is 5.43. The summed E-state index contributed by atoms with van der Waals surface area (Å²) in [6, 6.07) is 7.43. The van der Waals surface area contributed by atoms with Crippen molar-refractivity contribution in [2.45, 2.75) is 19.4 Å². The molecule has 8 heteroatoms. The second kappa shape index (κ2) is 8.96. The molecule has 0 radical (unpaired) electrons. The van der Waals surface area contributed by atoms with E-state index in [1.54, 1.807) is 0 Å². The average molecular weight is 362 g/mol. The van der Waals surface area contributed by atoms with Crippen LogP contribution in [0.3, 0.4) is 0 Å². The fourth-order valence-corrected chi connectivity index (χ4v) is 3.76. The van der Waals surface area contributed by atoms with Crippen LogP contribution in [-0.4, -0.2) is 52.7 Å². The standard InChI is InChI=1S/C15H24ClN3O3S/c1-2-7-17-23(20,21)18-12-15(19-8-10-22-11-9-19)13-5-3-4-6-14(13)16/h3-6,15,17-18H,2,7-12H2,1H3. The van der Waals surface area contributed by atoms with Gasteiger partial charge in [-0.15, -0.1) is 0 Å². The maximum atomic E-state index is 12.0. The van der Waals surface area contributed by atoms with E-state index >= 15 is 0 Å². The molecule has 130 valence electrons. The lowest BCUT2D eigenvalue weighted by Gasteiger charge is -2.35. The third-order valence-corrected chi connectivity index (χ3v) is 5.23. The molecule has 0 saturated carbocycles. The molecule has 0 spiro atoms. The molecule has 2 rings (SSSR count). The Kier molecular flexibility index (Phi) is 7.26. The third kappa shape index (κ3) is 5.70. The largest absolute Gasteiger partial charge is 0.379 e. The zero-order chi connectivity index (χ0) is 16.7. The van der Waals surface area contributed by atoms with E-state index in [1.165, 1.54) is 0 Å². The number of benzene rings is 1. The first kappa shape index (κ1) is 18.6. The van der Waals surface area contributed by atoms with Gasteiger partial charge in [-0.3, -0.25) is 4.90 Å². The Morgan fingerprint density at radius 3 is 2.61 bits per heavy atom. The van der Waals surface area contributed by atoms with Gasteiger partial charge in [-0.1, -0.05) is 36.7 Å². The Bertz CT molecular complexity index is 591. The molecule has 1 unspecified atom stereocenters. The van der Waals surface area contributed by atoms with Crippen molar-refractivity contribution in [3.63, 3.8) is 0 Å². The number of nitrogens with zero attached hydrogens (tertiary/aromatic N) is 1. The summed E-state index contributed by atoms with van der Waals surface area (Å²) in [5, 5.41) is 0.643. The van der Waals surface area contributed by atoms with E-state index in [4.69, 9.17) is 16.3 Å². The van der Waals surface area contributed by atoms with Gasteiger partial charge in [0.1, 0.15) is 0 Å². The van der Waals surface area contributed by atoms with Gasteiger partial charge in [0.2, 0.25) is 0 Å². The number of hydrogen-bond donors (Lipinski definition) is 2. The third-order valence-electron chi connectivity index (χ3n) is 3.76. The van der Waals surface area contributed by atoms with E-state index in [9.17, 15) is 8.42 Å². The number of hydrogen-bond acceptors (Lipinski definition) is 4. The molecule has 6 nitrogen and oxygen atoms in total. The molecular formula is C15H24ClN3O3S. The van der Waals surface area contributed by atoms with Crippen LogP contribution >= 0.6 is 11.6 Å². The number of rotatable bonds is 8. The summed E-state index contributed by atoms with van der Waals surface area (Å²) < 4.78 is 34.5. The van der Waals surface area contributed by atoms with Crippen LogP contribution in [0.25, 0.3) is 0 Å². The van der Waals surface area contributed by atoms with Gasteiger partial charge in [0.15, 0.2) is 0 Å². The van der Waals surface area contributed by atoms with Gasteiger partial charge in [-0.05, 0) is 18.1 Å². The minimum absolute atomic E-state index is 0.120. The highest BCUT2D eigenvalue weighted by Gasteiger charge is 2.25. The van der Waals surface area contributed by atoms with E-state index in [0.29, 0.717) is 24.8 Å². The number of nitrogens with one attached hydrogen (secondary N) is 2. The van der Waals surface area contributed by atoms with Crippen LogP contribution in [0.4, 0.5) is 0 Å². The molecule has 0 aliphatic carbocycles.